The molecule has 0 heterocycles. The van der Waals surface area contributed by atoms with Gasteiger partial charge in [0.1, 0.15) is 0 Å². The third kappa shape index (κ3) is 7.58. The van der Waals surface area contributed by atoms with Crippen LogP contribution in [0.25, 0.3) is 0 Å². The van der Waals surface area contributed by atoms with Gasteiger partial charge in [-0.1, -0.05) is 30.3 Å². The van der Waals surface area contributed by atoms with Gasteiger partial charge in [0.25, 0.3) is 0 Å². The van der Waals surface area contributed by atoms with Gasteiger partial charge in [-0.15, -0.1) is 0 Å². The van der Waals surface area contributed by atoms with Crippen LogP contribution < -0.4 is 5.73 Å². The Morgan fingerprint density at radius 2 is 1.57 bits per heavy atom. The van der Waals surface area contributed by atoms with E-state index in [4.69, 9.17) is 15.2 Å². The SMILES string of the molecule is CCOCCN(CCOCC)CC(CN)c1ccccc1. The average Bonchev–Trinajstić information content (AvgIpc) is 2.53. The van der Waals surface area contributed by atoms with Gasteiger partial charge in [-0.2, -0.15) is 0 Å². The van der Waals surface area contributed by atoms with E-state index in [0.29, 0.717) is 12.5 Å². The third-order valence-electron chi connectivity index (χ3n) is 3.55. The number of hydrogen-bond acceptors (Lipinski definition) is 4. The van der Waals surface area contributed by atoms with E-state index in [1.165, 1.54) is 5.56 Å². The summed E-state index contributed by atoms with van der Waals surface area (Å²) < 4.78 is 11.0. The molecule has 0 saturated carbocycles. The number of nitrogens with two attached hydrogens (primary N) is 1. The zero-order valence-corrected chi connectivity index (χ0v) is 13.5. The van der Waals surface area contributed by atoms with Crippen LogP contribution in [0.4, 0.5) is 0 Å². The van der Waals surface area contributed by atoms with Crippen molar-refractivity contribution in [3.05, 3.63) is 35.9 Å². The topological polar surface area (TPSA) is 47.7 Å². The molecule has 0 bridgehead atoms. The van der Waals surface area contributed by atoms with Crippen molar-refractivity contribution in [2.75, 3.05) is 52.6 Å². The normalized spacial score (nSPS) is 12.8. The van der Waals surface area contributed by atoms with Gasteiger partial charge < -0.3 is 15.2 Å². The zero-order chi connectivity index (χ0) is 15.3. The molecule has 0 fully saturated rings. The molecule has 1 aromatic rings. The predicted molar refractivity (Wildman–Crippen MR) is 87.7 cm³/mol. The lowest BCUT2D eigenvalue weighted by Gasteiger charge is -2.27. The molecule has 1 rings (SSSR count). The molecule has 120 valence electrons. The van der Waals surface area contributed by atoms with Crippen LogP contribution in [-0.2, 0) is 9.47 Å². The van der Waals surface area contributed by atoms with Crippen molar-refractivity contribution in [2.24, 2.45) is 5.73 Å². The molecule has 0 amide bonds. The molecule has 1 aromatic carbocycles. The standard InChI is InChI=1S/C17H30N2O2/c1-3-20-12-10-19(11-13-21-4-2)15-17(14-18)16-8-6-5-7-9-16/h5-9,17H,3-4,10-15,18H2,1-2H3. The maximum atomic E-state index is 5.97. The average molecular weight is 294 g/mol. The van der Waals surface area contributed by atoms with Gasteiger partial charge in [-0.05, 0) is 19.4 Å². The van der Waals surface area contributed by atoms with Gasteiger partial charge in [0.05, 0.1) is 13.2 Å². The highest BCUT2D eigenvalue weighted by molar-refractivity contribution is 5.20. The second-order valence-electron chi connectivity index (χ2n) is 5.04. The highest BCUT2D eigenvalue weighted by Crippen LogP contribution is 2.15. The van der Waals surface area contributed by atoms with Crippen molar-refractivity contribution in [3.63, 3.8) is 0 Å². The molecule has 4 nitrogen and oxygen atoms in total. The van der Waals surface area contributed by atoms with Crippen molar-refractivity contribution >= 4 is 0 Å². The van der Waals surface area contributed by atoms with Crippen molar-refractivity contribution < 1.29 is 9.47 Å². The first kappa shape index (κ1) is 18.1. The molecule has 1 atom stereocenters. The lowest BCUT2D eigenvalue weighted by atomic mass is 9.98. The van der Waals surface area contributed by atoms with Crippen molar-refractivity contribution in [1.29, 1.82) is 0 Å². The first-order valence-electron chi connectivity index (χ1n) is 7.94. The molecule has 0 spiro atoms. The number of hydrogen-bond donors (Lipinski definition) is 1. The Morgan fingerprint density at radius 3 is 2.05 bits per heavy atom. The Hall–Kier alpha value is -0.940. The summed E-state index contributed by atoms with van der Waals surface area (Å²) in [5, 5.41) is 0. The molecule has 2 N–H and O–H groups in total. The minimum Gasteiger partial charge on any atom is -0.380 e. The monoisotopic (exact) mass is 294 g/mol. The summed E-state index contributed by atoms with van der Waals surface area (Å²) in [5.41, 5.74) is 7.28. The summed E-state index contributed by atoms with van der Waals surface area (Å²) in [5.74, 6) is 0.356. The fourth-order valence-electron chi connectivity index (χ4n) is 2.32. The van der Waals surface area contributed by atoms with Crippen LogP contribution in [0.1, 0.15) is 25.3 Å². The summed E-state index contributed by atoms with van der Waals surface area (Å²) in [6.07, 6.45) is 0. The van der Waals surface area contributed by atoms with Crippen LogP contribution >= 0.6 is 0 Å². The summed E-state index contributed by atoms with van der Waals surface area (Å²) in [4.78, 5) is 2.38. The second kappa shape index (κ2) is 11.7. The summed E-state index contributed by atoms with van der Waals surface area (Å²) in [6, 6.07) is 10.5. The van der Waals surface area contributed by atoms with E-state index in [-0.39, 0.29) is 0 Å². The van der Waals surface area contributed by atoms with E-state index < -0.39 is 0 Å². The predicted octanol–water partition coefficient (Wildman–Crippen LogP) is 2.10. The number of benzene rings is 1. The van der Waals surface area contributed by atoms with Crippen LogP contribution in [0.2, 0.25) is 0 Å². The van der Waals surface area contributed by atoms with Crippen LogP contribution in [0.5, 0.6) is 0 Å². The smallest absolute Gasteiger partial charge is 0.0593 e. The van der Waals surface area contributed by atoms with E-state index in [0.717, 1.165) is 46.1 Å². The molecule has 0 aliphatic heterocycles. The van der Waals surface area contributed by atoms with E-state index in [1.807, 2.05) is 19.9 Å². The largest absolute Gasteiger partial charge is 0.380 e. The third-order valence-corrected chi connectivity index (χ3v) is 3.55. The van der Waals surface area contributed by atoms with Crippen molar-refractivity contribution in [2.45, 2.75) is 19.8 Å². The van der Waals surface area contributed by atoms with Crippen molar-refractivity contribution in [3.8, 4) is 0 Å². The van der Waals surface area contributed by atoms with E-state index in [9.17, 15) is 0 Å². The molecule has 0 saturated heterocycles. The minimum atomic E-state index is 0.356. The van der Waals surface area contributed by atoms with Gasteiger partial charge in [0.2, 0.25) is 0 Å². The molecule has 0 radical (unpaired) electrons. The Kier molecular flexibility index (Phi) is 10.1. The van der Waals surface area contributed by atoms with E-state index in [2.05, 4.69) is 29.2 Å². The Balaban J connectivity index is 2.54. The quantitative estimate of drug-likeness (QED) is 0.600. The second-order valence-corrected chi connectivity index (χ2v) is 5.04. The molecule has 0 aromatic heterocycles. The first-order chi connectivity index (χ1) is 10.3. The minimum absolute atomic E-state index is 0.356. The van der Waals surface area contributed by atoms with Crippen LogP contribution in [0, 0.1) is 0 Å². The van der Waals surface area contributed by atoms with E-state index in [1.54, 1.807) is 0 Å². The van der Waals surface area contributed by atoms with Gasteiger partial charge >= 0.3 is 0 Å². The molecular weight excluding hydrogens is 264 g/mol. The molecule has 21 heavy (non-hydrogen) atoms. The molecule has 1 unspecified atom stereocenters. The zero-order valence-electron chi connectivity index (χ0n) is 13.5. The summed E-state index contributed by atoms with van der Waals surface area (Å²) in [6.45, 7) is 10.5. The fourth-order valence-corrected chi connectivity index (χ4v) is 2.32. The Labute approximate surface area is 129 Å². The van der Waals surface area contributed by atoms with Crippen molar-refractivity contribution in [1.82, 2.24) is 4.90 Å². The maximum absolute atomic E-state index is 5.97. The van der Waals surface area contributed by atoms with Gasteiger partial charge in [-0.3, -0.25) is 4.90 Å². The van der Waals surface area contributed by atoms with E-state index >= 15 is 0 Å². The maximum Gasteiger partial charge on any atom is 0.0593 e. The number of rotatable bonds is 12. The number of nitrogens with zero attached hydrogens (tertiary/aromatic N) is 1. The summed E-state index contributed by atoms with van der Waals surface area (Å²) >= 11 is 0. The summed E-state index contributed by atoms with van der Waals surface area (Å²) in [7, 11) is 0. The highest BCUT2D eigenvalue weighted by Gasteiger charge is 2.14. The first-order valence-corrected chi connectivity index (χ1v) is 7.94. The lowest BCUT2D eigenvalue weighted by Crippen LogP contribution is -2.36. The highest BCUT2D eigenvalue weighted by atomic mass is 16.5. The molecular formula is C17H30N2O2. The molecule has 0 aliphatic rings. The lowest BCUT2D eigenvalue weighted by molar-refractivity contribution is 0.0803. The van der Waals surface area contributed by atoms with Gasteiger partial charge in [0.15, 0.2) is 0 Å². The van der Waals surface area contributed by atoms with Crippen LogP contribution in [0.15, 0.2) is 30.3 Å². The van der Waals surface area contributed by atoms with Crippen LogP contribution in [-0.4, -0.2) is 57.5 Å². The number of ether oxygens (including phenoxy) is 2. The Morgan fingerprint density at radius 1 is 1.00 bits per heavy atom. The Bertz CT molecular complexity index is 336. The molecule has 4 heteroatoms. The van der Waals surface area contributed by atoms with Gasteiger partial charge in [0, 0.05) is 45.3 Å². The van der Waals surface area contributed by atoms with Crippen LogP contribution in [0.3, 0.4) is 0 Å². The fraction of sp³-hybridized carbons (Fsp3) is 0.647. The molecule has 0 aliphatic carbocycles. The van der Waals surface area contributed by atoms with Gasteiger partial charge in [-0.25, -0.2) is 0 Å².